The van der Waals surface area contributed by atoms with Crippen LogP contribution in [0.3, 0.4) is 0 Å². The summed E-state index contributed by atoms with van der Waals surface area (Å²) in [6, 6.07) is 1.71. The lowest BCUT2D eigenvalue weighted by atomic mass is 10.2. The number of rotatable bonds is 4. The van der Waals surface area contributed by atoms with Crippen LogP contribution in [0.1, 0.15) is 23.0 Å². The molecule has 2 aromatic rings. The molecular formula is C12H15N5O2S. The van der Waals surface area contributed by atoms with E-state index in [4.69, 9.17) is 16.2 Å². The number of H-pyrrole nitrogens is 1. The van der Waals surface area contributed by atoms with Crippen LogP contribution in [0.2, 0.25) is 0 Å². The average molecular weight is 293 g/mol. The van der Waals surface area contributed by atoms with Crippen LogP contribution in [0.25, 0.3) is 11.4 Å². The lowest BCUT2D eigenvalue weighted by Crippen LogP contribution is -2.21. The summed E-state index contributed by atoms with van der Waals surface area (Å²) in [7, 11) is 0. The first-order valence-electron chi connectivity index (χ1n) is 5.93. The van der Waals surface area contributed by atoms with E-state index >= 15 is 0 Å². The highest BCUT2D eigenvalue weighted by molar-refractivity contribution is 7.13. The number of aromatic amines is 1. The molecule has 0 saturated carbocycles. The molecule has 20 heavy (non-hydrogen) atoms. The Morgan fingerprint density at radius 1 is 1.55 bits per heavy atom. The van der Waals surface area contributed by atoms with Crippen molar-refractivity contribution in [1.29, 1.82) is 0 Å². The van der Waals surface area contributed by atoms with Crippen LogP contribution in [-0.4, -0.2) is 28.5 Å². The van der Waals surface area contributed by atoms with Gasteiger partial charge >= 0.3 is 5.97 Å². The maximum Gasteiger partial charge on any atom is 0.339 e. The van der Waals surface area contributed by atoms with Crippen molar-refractivity contribution in [2.45, 2.75) is 13.8 Å². The summed E-state index contributed by atoms with van der Waals surface area (Å²) in [5.74, 6) is -0.395. The van der Waals surface area contributed by atoms with Gasteiger partial charge in [0.2, 0.25) is 5.13 Å². The molecule has 7 nitrogen and oxygen atoms in total. The highest BCUT2D eigenvalue weighted by Gasteiger charge is 2.16. The highest BCUT2D eigenvalue weighted by atomic mass is 32.1. The molecule has 0 atom stereocenters. The summed E-state index contributed by atoms with van der Waals surface area (Å²) < 4.78 is 4.98. The van der Waals surface area contributed by atoms with Gasteiger partial charge in [-0.25, -0.2) is 9.78 Å². The number of carbonyl (C=O) groups excluding carboxylic acids is 1. The fourth-order valence-electron chi connectivity index (χ4n) is 1.67. The number of thiazole rings is 1. The molecule has 0 radical (unpaired) electrons. The van der Waals surface area contributed by atoms with E-state index in [0.717, 1.165) is 11.4 Å². The molecule has 5 N–H and O–H groups in total. The predicted molar refractivity (Wildman–Crippen MR) is 78.1 cm³/mol. The Balaban J connectivity index is 2.30. The Morgan fingerprint density at radius 3 is 2.95 bits per heavy atom. The molecular weight excluding hydrogens is 278 g/mol. The third-order valence-electron chi connectivity index (χ3n) is 2.50. The molecule has 0 saturated heterocycles. The summed E-state index contributed by atoms with van der Waals surface area (Å²) in [6.07, 6.45) is 0. The van der Waals surface area contributed by atoms with Crippen LogP contribution in [0.5, 0.6) is 0 Å². The van der Waals surface area contributed by atoms with E-state index in [9.17, 15) is 4.79 Å². The second kappa shape index (κ2) is 5.74. The molecule has 2 aromatic heterocycles. The SMILES string of the molecule is CCOC(=O)c1cc(-c2csc(N=C(N)N)n2)[nH]c1C. The van der Waals surface area contributed by atoms with Gasteiger partial charge in [0.05, 0.1) is 23.6 Å². The summed E-state index contributed by atoms with van der Waals surface area (Å²) >= 11 is 1.31. The fourth-order valence-corrected chi connectivity index (χ4v) is 2.37. The summed E-state index contributed by atoms with van der Waals surface area (Å²) in [6.45, 7) is 3.91. The number of carbonyl (C=O) groups is 1. The molecule has 0 aliphatic rings. The number of aromatic nitrogens is 2. The molecule has 106 valence electrons. The molecule has 2 rings (SSSR count). The lowest BCUT2D eigenvalue weighted by Gasteiger charge is -1.98. The summed E-state index contributed by atoms with van der Waals surface area (Å²) in [4.78, 5) is 23.0. The van der Waals surface area contributed by atoms with Gasteiger partial charge in [0.1, 0.15) is 0 Å². The molecule has 0 unspecified atom stereocenters. The number of nitrogens with two attached hydrogens (primary N) is 2. The molecule has 0 spiro atoms. The number of ether oxygens (including phenoxy) is 1. The minimum absolute atomic E-state index is 0.0409. The smallest absolute Gasteiger partial charge is 0.339 e. The number of hydrogen-bond donors (Lipinski definition) is 3. The van der Waals surface area contributed by atoms with Gasteiger partial charge in [-0.15, -0.1) is 11.3 Å². The summed E-state index contributed by atoms with van der Waals surface area (Å²) in [5.41, 5.74) is 13.2. The molecule has 8 heteroatoms. The standard InChI is InChI=1S/C12H15N5O2S/c1-3-19-10(18)7-4-8(15-6(7)2)9-5-20-12(16-9)17-11(13)14/h4-5,15H,3H2,1-2H3,(H4,13,14,16,17). The van der Waals surface area contributed by atoms with Crippen molar-refractivity contribution in [3.8, 4) is 11.4 Å². The highest BCUT2D eigenvalue weighted by Crippen LogP contribution is 2.27. The van der Waals surface area contributed by atoms with Gasteiger partial charge in [-0.1, -0.05) is 0 Å². The number of nitrogens with one attached hydrogen (secondary N) is 1. The molecule has 0 aliphatic heterocycles. The number of hydrogen-bond acceptors (Lipinski definition) is 5. The van der Waals surface area contributed by atoms with Crippen LogP contribution >= 0.6 is 11.3 Å². The van der Waals surface area contributed by atoms with Crippen LogP contribution < -0.4 is 11.5 Å². The van der Waals surface area contributed by atoms with Gasteiger partial charge in [0, 0.05) is 11.1 Å². The maximum atomic E-state index is 11.7. The van der Waals surface area contributed by atoms with Gasteiger partial charge in [-0.3, -0.25) is 0 Å². The first-order valence-corrected chi connectivity index (χ1v) is 6.81. The van der Waals surface area contributed by atoms with Crippen LogP contribution in [0.4, 0.5) is 5.13 Å². The average Bonchev–Trinajstić information content (AvgIpc) is 2.95. The Labute approximate surface area is 119 Å². The van der Waals surface area contributed by atoms with E-state index in [-0.39, 0.29) is 11.9 Å². The first-order chi connectivity index (χ1) is 9.51. The second-order valence-corrected chi connectivity index (χ2v) is 4.83. The molecule has 0 aliphatic carbocycles. The largest absolute Gasteiger partial charge is 0.462 e. The summed E-state index contributed by atoms with van der Waals surface area (Å²) in [5, 5.41) is 2.27. The zero-order valence-electron chi connectivity index (χ0n) is 11.1. The Hall–Kier alpha value is -2.35. The zero-order chi connectivity index (χ0) is 14.7. The van der Waals surface area contributed by atoms with Gasteiger partial charge in [-0.2, -0.15) is 4.99 Å². The van der Waals surface area contributed by atoms with E-state index < -0.39 is 0 Å². The Bertz CT molecular complexity index is 655. The fraction of sp³-hybridized carbons (Fsp3) is 0.250. The predicted octanol–water partition coefficient (Wildman–Crippen LogP) is 1.53. The monoisotopic (exact) mass is 293 g/mol. The van der Waals surface area contributed by atoms with E-state index in [1.807, 2.05) is 5.38 Å². The molecule has 0 bridgehead atoms. The minimum Gasteiger partial charge on any atom is -0.462 e. The van der Waals surface area contributed by atoms with Crippen molar-refractivity contribution in [3.05, 3.63) is 22.7 Å². The second-order valence-electron chi connectivity index (χ2n) is 3.99. The first kappa shape index (κ1) is 14.1. The van der Waals surface area contributed by atoms with E-state index in [1.165, 1.54) is 11.3 Å². The number of aryl methyl sites for hydroxylation is 1. The zero-order valence-corrected chi connectivity index (χ0v) is 12.0. The van der Waals surface area contributed by atoms with Crippen molar-refractivity contribution in [2.24, 2.45) is 16.5 Å². The molecule has 2 heterocycles. The number of esters is 1. The molecule has 0 aromatic carbocycles. The maximum absolute atomic E-state index is 11.7. The van der Waals surface area contributed by atoms with Gasteiger partial charge < -0.3 is 21.2 Å². The van der Waals surface area contributed by atoms with Crippen LogP contribution in [-0.2, 0) is 4.74 Å². The number of nitrogens with zero attached hydrogens (tertiary/aromatic N) is 2. The topological polar surface area (TPSA) is 119 Å². The van der Waals surface area contributed by atoms with Crippen molar-refractivity contribution in [1.82, 2.24) is 9.97 Å². The normalized spacial score (nSPS) is 10.3. The van der Waals surface area contributed by atoms with E-state index in [2.05, 4.69) is 15.0 Å². The van der Waals surface area contributed by atoms with Crippen molar-refractivity contribution >= 4 is 28.4 Å². The molecule has 0 fully saturated rings. The molecule has 0 amide bonds. The van der Waals surface area contributed by atoms with E-state index in [1.54, 1.807) is 19.9 Å². The van der Waals surface area contributed by atoms with Crippen molar-refractivity contribution in [3.63, 3.8) is 0 Å². The van der Waals surface area contributed by atoms with Gasteiger partial charge in [0.15, 0.2) is 5.96 Å². The van der Waals surface area contributed by atoms with Gasteiger partial charge in [-0.05, 0) is 19.9 Å². The Kier molecular flexibility index (Phi) is 4.04. The van der Waals surface area contributed by atoms with E-state index in [0.29, 0.717) is 23.0 Å². The van der Waals surface area contributed by atoms with Gasteiger partial charge in [0.25, 0.3) is 0 Å². The van der Waals surface area contributed by atoms with Crippen molar-refractivity contribution < 1.29 is 9.53 Å². The Morgan fingerprint density at radius 2 is 2.30 bits per heavy atom. The lowest BCUT2D eigenvalue weighted by molar-refractivity contribution is 0.0526. The van der Waals surface area contributed by atoms with Crippen LogP contribution in [0.15, 0.2) is 16.4 Å². The minimum atomic E-state index is -0.354. The van der Waals surface area contributed by atoms with Crippen LogP contribution in [0, 0.1) is 6.92 Å². The third-order valence-corrected chi connectivity index (χ3v) is 3.24. The quantitative estimate of drug-likeness (QED) is 0.448. The van der Waals surface area contributed by atoms with Crippen molar-refractivity contribution in [2.75, 3.05) is 6.61 Å². The number of guanidine groups is 1. The number of aliphatic imine (C=N–C) groups is 1. The third kappa shape index (κ3) is 2.97.